The fourth-order valence-electron chi connectivity index (χ4n) is 1.54. The van der Waals surface area contributed by atoms with Gasteiger partial charge in [-0.1, -0.05) is 15.9 Å². The van der Waals surface area contributed by atoms with E-state index in [1.54, 1.807) is 0 Å². The molecule has 0 amide bonds. The van der Waals surface area contributed by atoms with Crippen molar-refractivity contribution in [2.24, 2.45) is 0 Å². The minimum atomic E-state index is 0.0399. The fraction of sp³-hybridized carbons (Fsp3) is 0.200. The zero-order chi connectivity index (χ0) is 11.0. The third kappa shape index (κ3) is 1.86. The highest BCUT2D eigenvalue weighted by molar-refractivity contribution is 9.10. The van der Waals surface area contributed by atoms with Gasteiger partial charge in [-0.3, -0.25) is 9.20 Å². The van der Waals surface area contributed by atoms with Gasteiger partial charge in [0, 0.05) is 10.7 Å². The first kappa shape index (κ1) is 10.8. The van der Waals surface area contributed by atoms with Crippen LogP contribution in [0.2, 0.25) is 0 Å². The number of alkyl halides is 1. The van der Waals surface area contributed by atoms with E-state index in [4.69, 9.17) is 0 Å². The van der Waals surface area contributed by atoms with Gasteiger partial charge in [0.25, 0.3) is 0 Å². The molecule has 0 fully saturated rings. The molecule has 2 heterocycles. The van der Waals surface area contributed by atoms with Crippen LogP contribution in [0.15, 0.2) is 22.8 Å². The summed E-state index contributed by atoms with van der Waals surface area (Å²) >= 11 is 6.55. The summed E-state index contributed by atoms with van der Waals surface area (Å²) in [6.07, 6.45) is 1.85. The molecule has 0 aromatic carbocycles. The topological polar surface area (TPSA) is 34.4 Å². The molecule has 2 rings (SSSR count). The van der Waals surface area contributed by atoms with Crippen LogP contribution in [0.25, 0.3) is 5.65 Å². The van der Waals surface area contributed by atoms with Crippen LogP contribution in [0, 0.1) is 6.92 Å². The van der Waals surface area contributed by atoms with Crippen LogP contribution in [-0.4, -0.2) is 20.5 Å². The number of ketones is 1. The minimum Gasteiger partial charge on any atom is -0.296 e. The van der Waals surface area contributed by atoms with Crippen molar-refractivity contribution >= 4 is 43.3 Å². The van der Waals surface area contributed by atoms with Crippen molar-refractivity contribution in [1.29, 1.82) is 0 Å². The standard InChI is InChI=1S/C10H8Br2N2O/c1-6-10(8(15)4-11)14-5-7(12)2-3-9(14)13-6/h2-3,5H,4H2,1H3. The average Bonchev–Trinajstić information content (AvgIpc) is 2.52. The lowest BCUT2D eigenvalue weighted by atomic mass is 10.2. The van der Waals surface area contributed by atoms with Crippen molar-refractivity contribution in [2.75, 3.05) is 5.33 Å². The third-order valence-corrected chi connectivity index (χ3v) is 3.12. The zero-order valence-electron chi connectivity index (χ0n) is 8.00. The first-order chi connectivity index (χ1) is 7.13. The molecule has 2 aromatic heterocycles. The van der Waals surface area contributed by atoms with E-state index in [0.717, 1.165) is 15.8 Å². The number of imidazole rings is 1. The van der Waals surface area contributed by atoms with Gasteiger partial charge >= 0.3 is 0 Å². The van der Waals surface area contributed by atoms with Gasteiger partial charge in [0.05, 0.1) is 11.0 Å². The summed E-state index contributed by atoms with van der Waals surface area (Å²) in [7, 11) is 0. The second-order valence-electron chi connectivity index (χ2n) is 3.18. The number of Topliss-reactive ketones (excluding diaryl/α,β-unsaturated/α-hetero) is 1. The highest BCUT2D eigenvalue weighted by Gasteiger charge is 2.15. The van der Waals surface area contributed by atoms with Crippen LogP contribution in [-0.2, 0) is 0 Å². The number of fused-ring (bicyclic) bond motifs is 1. The molecule has 0 unspecified atom stereocenters. The number of hydrogen-bond acceptors (Lipinski definition) is 2. The third-order valence-electron chi connectivity index (χ3n) is 2.14. The first-order valence-corrected chi connectivity index (χ1v) is 6.28. The van der Waals surface area contributed by atoms with Crippen molar-refractivity contribution in [3.63, 3.8) is 0 Å². The normalized spacial score (nSPS) is 10.9. The molecule has 0 aliphatic rings. The Labute approximate surface area is 104 Å². The summed E-state index contributed by atoms with van der Waals surface area (Å²) < 4.78 is 2.74. The summed E-state index contributed by atoms with van der Waals surface area (Å²) in [4.78, 5) is 16.0. The summed E-state index contributed by atoms with van der Waals surface area (Å²) in [5.41, 5.74) is 2.20. The Morgan fingerprint density at radius 3 is 2.93 bits per heavy atom. The molecule has 0 N–H and O–H groups in total. The van der Waals surface area contributed by atoms with Gasteiger partial charge in [-0.15, -0.1) is 0 Å². The molecule has 5 heteroatoms. The molecule has 0 saturated heterocycles. The predicted octanol–water partition coefficient (Wildman–Crippen LogP) is 2.98. The summed E-state index contributed by atoms with van der Waals surface area (Å²) in [6.45, 7) is 1.84. The molecular weight excluding hydrogens is 324 g/mol. The SMILES string of the molecule is Cc1nc2ccc(Br)cn2c1C(=O)CBr. The van der Waals surface area contributed by atoms with E-state index in [1.807, 2.05) is 29.7 Å². The van der Waals surface area contributed by atoms with E-state index in [9.17, 15) is 4.79 Å². The van der Waals surface area contributed by atoms with Crippen molar-refractivity contribution in [1.82, 2.24) is 9.38 Å². The maximum absolute atomic E-state index is 11.7. The van der Waals surface area contributed by atoms with Crippen LogP contribution < -0.4 is 0 Å². The summed E-state index contributed by atoms with van der Waals surface area (Å²) in [5.74, 6) is 0.0399. The van der Waals surface area contributed by atoms with Crippen molar-refractivity contribution in [3.8, 4) is 0 Å². The molecule has 0 bridgehead atoms. The van der Waals surface area contributed by atoms with Crippen LogP contribution in [0.4, 0.5) is 0 Å². The van der Waals surface area contributed by atoms with Crippen LogP contribution >= 0.6 is 31.9 Å². The Hall–Kier alpha value is -0.680. The van der Waals surface area contributed by atoms with Crippen LogP contribution in [0.1, 0.15) is 16.2 Å². The lowest BCUT2D eigenvalue weighted by Gasteiger charge is -1.99. The zero-order valence-corrected chi connectivity index (χ0v) is 11.2. The largest absolute Gasteiger partial charge is 0.296 e. The van der Waals surface area contributed by atoms with Crippen molar-refractivity contribution in [2.45, 2.75) is 6.92 Å². The van der Waals surface area contributed by atoms with Gasteiger partial charge in [0.1, 0.15) is 11.3 Å². The molecule has 0 aliphatic carbocycles. The van der Waals surface area contributed by atoms with Gasteiger partial charge in [0.2, 0.25) is 0 Å². The quantitative estimate of drug-likeness (QED) is 0.626. The monoisotopic (exact) mass is 330 g/mol. The summed E-state index contributed by atoms with van der Waals surface area (Å²) in [5, 5.41) is 0.314. The van der Waals surface area contributed by atoms with E-state index in [2.05, 4.69) is 36.8 Å². The second kappa shape index (κ2) is 4.06. The Balaban J connectivity index is 2.76. The Morgan fingerprint density at radius 1 is 1.53 bits per heavy atom. The molecule has 78 valence electrons. The second-order valence-corrected chi connectivity index (χ2v) is 4.65. The van der Waals surface area contributed by atoms with E-state index >= 15 is 0 Å². The number of aryl methyl sites for hydroxylation is 1. The molecular formula is C10H8Br2N2O. The van der Waals surface area contributed by atoms with Gasteiger partial charge in [-0.05, 0) is 35.0 Å². The maximum Gasteiger partial charge on any atom is 0.191 e. The number of pyridine rings is 1. The number of rotatable bonds is 2. The Morgan fingerprint density at radius 2 is 2.27 bits per heavy atom. The first-order valence-electron chi connectivity index (χ1n) is 4.37. The highest BCUT2D eigenvalue weighted by atomic mass is 79.9. The molecule has 0 spiro atoms. The lowest BCUT2D eigenvalue weighted by molar-refractivity contribution is 0.101. The van der Waals surface area contributed by atoms with Gasteiger partial charge < -0.3 is 0 Å². The molecule has 0 saturated carbocycles. The molecule has 0 radical (unpaired) electrons. The average molecular weight is 332 g/mol. The predicted molar refractivity (Wildman–Crippen MR) is 65.8 cm³/mol. The van der Waals surface area contributed by atoms with E-state index in [1.165, 1.54) is 0 Å². The number of carbonyl (C=O) groups excluding carboxylic acids is 1. The fourth-order valence-corrected chi connectivity index (χ4v) is 2.14. The maximum atomic E-state index is 11.7. The Bertz CT molecular complexity index is 533. The molecule has 15 heavy (non-hydrogen) atoms. The Kier molecular flexibility index (Phi) is 2.93. The van der Waals surface area contributed by atoms with E-state index in [0.29, 0.717) is 11.0 Å². The van der Waals surface area contributed by atoms with Gasteiger partial charge in [-0.2, -0.15) is 0 Å². The van der Waals surface area contributed by atoms with E-state index < -0.39 is 0 Å². The number of hydrogen-bond donors (Lipinski definition) is 0. The summed E-state index contributed by atoms with van der Waals surface area (Å²) in [6, 6.07) is 3.78. The minimum absolute atomic E-state index is 0.0399. The number of carbonyl (C=O) groups is 1. The van der Waals surface area contributed by atoms with Crippen LogP contribution in [0.3, 0.4) is 0 Å². The van der Waals surface area contributed by atoms with Gasteiger partial charge in [0.15, 0.2) is 5.78 Å². The number of halogens is 2. The smallest absolute Gasteiger partial charge is 0.191 e. The molecule has 2 aromatic rings. The highest BCUT2D eigenvalue weighted by Crippen LogP contribution is 2.17. The number of aromatic nitrogens is 2. The van der Waals surface area contributed by atoms with Gasteiger partial charge in [-0.25, -0.2) is 4.98 Å². The number of nitrogens with zero attached hydrogens (tertiary/aromatic N) is 2. The lowest BCUT2D eigenvalue weighted by Crippen LogP contribution is -2.06. The molecule has 0 atom stereocenters. The molecule has 3 nitrogen and oxygen atoms in total. The molecule has 0 aliphatic heterocycles. The van der Waals surface area contributed by atoms with Crippen molar-refractivity contribution < 1.29 is 4.79 Å². The van der Waals surface area contributed by atoms with E-state index in [-0.39, 0.29) is 5.78 Å². The van der Waals surface area contributed by atoms with Crippen molar-refractivity contribution in [3.05, 3.63) is 34.2 Å². The van der Waals surface area contributed by atoms with Crippen LogP contribution in [0.5, 0.6) is 0 Å².